The van der Waals surface area contributed by atoms with Crippen molar-refractivity contribution in [2.75, 3.05) is 5.32 Å². The van der Waals surface area contributed by atoms with Gasteiger partial charge in [0.2, 0.25) is 5.91 Å². The Kier molecular flexibility index (Phi) is 4.83. The van der Waals surface area contributed by atoms with Gasteiger partial charge in [0, 0.05) is 23.2 Å². The minimum absolute atomic E-state index is 0.0750. The Bertz CT molecular complexity index is 629. The Morgan fingerprint density at radius 1 is 0.875 bits per heavy atom. The largest absolute Gasteiger partial charge is 0.481 e. The van der Waals surface area contributed by atoms with E-state index in [0.29, 0.717) is 43.0 Å². The van der Waals surface area contributed by atoms with Crippen LogP contribution in [0.5, 0.6) is 0 Å². The molecule has 128 valence electrons. The van der Waals surface area contributed by atoms with E-state index in [2.05, 4.69) is 10.6 Å². The first-order valence-electron chi connectivity index (χ1n) is 8.47. The lowest BCUT2D eigenvalue weighted by molar-refractivity contribution is -0.143. The quantitative estimate of drug-likeness (QED) is 0.772. The first kappa shape index (κ1) is 16.5. The monoisotopic (exact) mass is 330 g/mol. The number of carbonyl (C=O) groups excluding carboxylic acids is 2. The molecule has 0 aliphatic heterocycles. The van der Waals surface area contributed by atoms with Gasteiger partial charge >= 0.3 is 5.97 Å². The first-order valence-corrected chi connectivity index (χ1v) is 8.47. The van der Waals surface area contributed by atoms with Gasteiger partial charge in [-0.25, -0.2) is 0 Å². The molecule has 3 rings (SSSR count). The van der Waals surface area contributed by atoms with Crippen molar-refractivity contribution in [3.63, 3.8) is 0 Å². The zero-order valence-corrected chi connectivity index (χ0v) is 13.5. The molecule has 0 atom stereocenters. The molecule has 2 aliphatic carbocycles. The number of anilines is 1. The van der Waals surface area contributed by atoms with Crippen molar-refractivity contribution in [2.45, 2.75) is 44.6 Å². The van der Waals surface area contributed by atoms with E-state index in [1.165, 1.54) is 0 Å². The Labute approximate surface area is 140 Å². The van der Waals surface area contributed by atoms with Crippen LogP contribution in [0.15, 0.2) is 24.3 Å². The van der Waals surface area contributed by atoms with Gasteiger partial charge in [0.15, 0.2) is 0 Å². The van der Waals surface area contributed by atoms with E-state index < -0.39 is 5.97 Å². The standard InChI is InChI=1S/C18H22N2O4/c21-16(11-1-3-13(4-2-11)18(23)24)19-14-7-5-12(6-8-14)17(22)20-15-9-10-15/h5-8,11,13,15H,1-4,9-10H2,(H,19,21)(H,20,22)(H,23,24). The Hall–Kier alpha value is -2.37. The van der Waals surface area contributed by atoms with Gasteiger partial charge in [0.05, 0.1) is 5.92 Å². The molecule has 2 aliphatic rings. The van der Waals surface area contributed by atoms with Crippen molar-refractivity contribution < 1.29 is 19.5 Å². The summed E-state index contributed by atoms with van der Waals surface area (Å²) in [5.74, 6) is -1.39. The molecule has 0 radical (unpaired) electrons. The summed E-state index contributed by atoms with van der Waals surface area (Å²) in [5.41, 5.74) is 1.24. The summed E-state index contributed by atoms with van der Waals surface area (Å²) in [4.78, 5) is 35.1. The molecular formula is C18H22N2O4. The van der Waals surface area contributed by atoms with E-state index in [1.807, 2.05) is 0 Å². The van der Waals surface area contributed by atoms with Crippen LogP contribution in [-0.4, -0.2) is 28.9 Å². The van der Waals surface area contributed by atoms with Gasteiger partial charge < -0.3 is 15.7 Å². The van der Waals surface area contributed by atoms with Crippen LogP contribution >= 0.6 is 0 Å². The Morgan fingerprint density at radius 3 is 2.00 bits per heavy atom. The molecule has 0 saturated heterocycles. The molecular weight excluding hydrogens is 308 g/mol. The van der Waals surface area contributed by atoms with Crippen molar-refractivity contribution >= 4 is 23.5 Å². The predicted octanol–water partition coefficient (Wildman–Crippen LogP) is 2.41. The smallest absolute Gasteiger partial charge is 0.306 e. The summed E-state index contributed by atoms with van der Waals surface area (Å²) in [5, 5.41) is 14.8. The van der Waals surface area contributed by atoms with Gasteiger partial charge in [-0.2, -0.15) is 0 Å². The molecule has 2 saturated carbocycles. The third kappa shape index (κ3) is 4.13. The number of amides is 2. The third-order valence-electron chi connectivity index (χ3n) is 4.77. The highest BCUT2D eigenvalue weighted by Gasteiger charge is 2.29. The molecule has 0 unspecified atom stereocenters. The molecule has 0 spiro atoms. The number of benzene rings is 1. The fraction of sp³-hybridized carbons (Fsp3) is 0.500. The second-order valence-corrected chi connectivity index (χ2v) is 6.70. The second-order valence-electron chi connectivity index (χ2n) is 6.70. The lowest BCUT2D eigenvalue weighted by Crippen LogP contribution is -2.29. The normalized spacial score (nSPS) is 23.3. The number of carbonyl (C=O) groups is 3. The number of hydrogen-bond donors (Lipinski definition) is 3. The van der Waals surface area contributed by atoms with E-state index >= 15 is 0 Å². The molecule has 1 aromatic carbocycles. The van der Waals surface area contributed by atoms with E-state index in [1.54, 1.807) is 24.3 Å². The van der Waals surface area contributed by atoms with Gasteiger partial charge in [0.25, 0.3) is 5.91 Å². The number of rotatable bonds is 5. The van der Waals surface area contributed by atoms with Crippen molar-refractivity contribution in [1.29, 1.82) is 0 Å². The lowest BCUT2D eigenvalue weighted by atomic mass is 9.81. The van der Waals surface area contributed by atoms with Crippen LogP contribution in [0.2, 0.25) is 0 Å². The Balaban J connectivity index is 1.51. The Morgan fingerprint density at radius 2 is 1.46 bits per heavy atom. The predicted molar refractivity (Wildman–Crippen MR) is 88.6 cm³/mol. The average molecular weight is 330 g/mol. The topological polar surface area (TPSA) is 95.5 Å². The summed E-state index contributed by atoms with van der Waals surface area (Å²) in [7, 11) is 0. The summed E-state index contributed by atoms with van der Waals surface area (Å²) in [6, 6.07) is 7.17. The molecule has 0 heterocycles. The van der Waals surface area contributed by atoms with Gasteiger partial charge in [-0.15, -0.1) is 0 Å². The highest BCUT2D eigenvalue weighted by Crippen LogP contribution is 2.29. The number of carboxylic acid groups (broad SMARTS) is 1. The highest BCUT2D eigenvalue weighted by molar-refractivity contribution is 5.96. The van der Waals surface area contributed by atoms with Crippen LogP contribution in [0, 0.1) is 11.8 Å². The van der Waals surface area contributed by atoms with Crippen LogP contribution in [0.1, 0.15) is 48.9 Å². The van der Waals surface area contributed by atoms with Crippen molar-refractivity contribution in [1.82, 2.24) is 5.32 Å². The van der Waals surface area contributed by atoms with Gasteiger partial charge in [-0.05, 0) is 62.8 Å². The number of nitrogens with one attached hydrogen (secondary N) is 2. The molecule has 24 heavy (non-hydrogen) atoms. The van der Waals surface area contributed by atoms with E-state index in [9.17, 15) is 14.4 Å². The summed E-state index contributed by atoms with van der Waals surface area (Å²) >= 11 is 0. The molecule has 0 bridgehead atoms. The van der Waals surface area contributed by atoms with E-state index in [-0.39, 0.29) is 23.7 Å². The molecule has 6 heteroatoms. The fourth-order valence-corrected chi connectivity index (χ4v) is 3.05. The minimum atomic E-state index is -0.770. The second kappa shape index (κ2) is 7.03. The molecule has 0 aromatic heterocycles. The zero-order chi connectivity index (χ0) is 17.1. The van der Waals surface area contributed by atoms with Gasteiger partial charge in [-0.1, -0.05) is 0 Å². The van der Waals surface area contributed by atoms with Crippen LogP contribution < -0.4 is 10.6 Å². The maximum Gasteiger partial charge on any atom is 0.306 e. The van der Waals surface area contributed by atoms with Crippen molar-refractivity contribution in [3.8, 4) is 0 Å². The summed E-state index contributed by atoms with van der Waals surface area (Å²) in [6.45, 7) is 0. The fourth-order valence-electron chi connectivity index (χ4n) is 3.05. The maximum atomic E-state index is 12.3. The summed E-state index contributed by atoms with van der Waals surface area (Å²) in [6.07, 6.45) is 4.39. The van der Waals surface area contributed by atoms with Gasteiger partial charge in [-0.3, -0.25) is 14.4 Å². The maximum absolute atomic E-state index is 12.3. The zero-order valence-electron chi connectivity index (χ0n) is 13.5. The highest BCUT2D eigenvalue weighted by atomic mass is 16.4. The third-order valence-corrected chi connectivity index (χ3v) is 4.77. The minimum Gasteiger partial charge on any atom is -0.481 e. The number of hydrogen-bond acceptors (Lipinski definition) is 3. The first-order chi connectivity index (χ1) is 11.5. The van der Waals surface area contributed by atoms with Crippen molar-refractivity contribution in [2.24, 2.45) is 11.8 Å². The van der Waals surface area contributed by atoms with E-state index in [0.717, 1.165) is 12.8 Å². The lowest BCUT2D eigenvalue weighted by Gasteiger charge is -2.25. The van der Waals surface area contributed by atoms with Crippen LogP contribution in [0.3, 0.4) is 0 Å². The molecule has 1 aromatic rings. The number of carboxylic acids is 1. The molecule has 3 N–H and O–H groups in total. The SMILES string of the molecule is O=C(NC1CC1)c1ccc(NC(=O)C2CCC(C(=O)O)CC2)cc1. The molecule has 2 amide bonds. The molecule has 6 nitrogen and oxygen atoms in total. The molecule has 2 fully saturated rings. The van der Waals surface area contributed by atoms with Crippen molar-refractivity contribution in [3.05, 3.63) is 29.8 Å². The van der Waals surface area contributed by atoms with Gasteiger partial charge in [0.1, 0.15) is 0 Å². The van der Waals surface area contributed by atoms with Crippen LogP contribution in [-0.2, 0) is 9.59 Å². The summed E-state index contributed by atoms with van der Waals surface area (Å²) < 4.78 is 0. The average Bonchev–Trinajstić information content (AvgIpc) is 3.39. The van der Waals surface area contributed by atoms with Crippen LogP contribution in [0.25, 0.3) is 0 Å². The van der Waals surface area contributed by atoms with E-state index in [4.69, 9.17) is 5.11 Å². The van der Waals surface area contributed by atoms with Crippen LogP contribution in [0.4, 0.5) is 5.69 Å². The number of aliphatic carboxylic acids is 1.